The highest BCUT2D eigenvalue weighted by Crippen LogP contribution is 2.38. The van der Waals surface area contributed by atoms with Crippen LogP contribution in [-0.2, 0) is 32.3 Å². The molecular formula is C29H29Cl3F3N3O4S. The van der Waals surface area contributed by atoms with Gasteiger partial charge in [0.05, 0.1) is 21.2 Å². The highest BCUT2D eigenvalue weighted by Gasteiger charge is 2.37. The number of amides is 2. The smallest absolute Gasteiger partial charge is 0.354 e. The molecule has 0 unspecified atom stereocenters. The van der Waals surface area contributed by atoms with Crippen LogP contribution in [0.2, 0.25) is 15.1 Å². The molecule has 14 heteroatoms. The van der Waals surface area contributed by atoms with Gasteiger partial charge >= 0.3 is 6.18 Å². The van der Waals surface area contributed by atoms with Gasteiger partial charge < -0.3 is 10.2 Å². The van der Waals surface area contributed by atoms with Gasteiger partial charge in [0.15, 0.2) is 0 Å². The SMILES string of the molecule is CC(C)CNC(=O)[C@H](C)N(Cc1c(Cl)cccc1Cl)C(=O)CN(c1ccc(Cl)c(C(F)(F)F)c1)S(=O)(=O)c1ccccc1. The van der Waals surface area contributed by atoms with Crippen LogP contribution in [-0.4, -0.2) is 44.3 Å². The van der Waals surface area contributed by atoms with Gasteiger partial charge in [-0.05, 0) is 55.3 Å². The number of alkyl halides is 3. The lowest BCUT2D eigenvalue weighted by Gasteiger charge is -2.32. The van der Waals surface area contributed by atoms with Gasteiger partial charge in [-0.1, -0.05) is 72.9 Å². The zero-order valence-corrected chi connectivity index (χ0v) is 26.4. The van der Waals surface area contributed by atoms with Gasteiger partial charge in [-0.25, -0.2) is 8.42 Å². The topological polar surface area (TPSA) is 86.8 Å². The van der Waals surface area contributed by atoms with Crippen LogP contribution in [0.4, 0.5) is 18.9 Å². The number of carbonyl (C=O) groups excluding carboxylic acids is 2. The third-order valence-electron chi connectivity index (χ3n) is 6.40. The first kappa shape index (κ1) is 34.5. The van der Waals surface area contributed by atoms with Crippen LogP contribution in [0.5, 0.6) is 0 Å². The van der Waals surface area contributed by atoms with Gasteiger partial charge in [0.2, 0.25) is 11.8 Å². The van der Waals surface area contributed by atoms with E-state index in [0.29, 0.717) is 22.5 Å². The Morgan fingerprint density at radius 3 is 2.05 bits per heavy atom. The average Bonchev–Trinajstić information content (AvgIpc) is 2.94. The molecule has 0 saturated heterocycles. The zero-order valence-electron chi connectivity index (χ0n) is 23.3. The van der Waals surface area contributed by atoms with Crippen molar-refractivity contribution in [1.29, 1.82) is 0 Å². The lowest BCUT2D eigenvalue weighted by Crippen LogP contribution is -2.51. The largest absolute Gasteiger partial charge is 0.417 e. The number of anilines is 1. The molecule has 43 heavy (non-hydrogen) atoms. The predicted molar refractivity (Wildman–Crippen MR) is 162 cm³/mol. The van der Waals surface area contributed by atoms with Gasteiger partial charge in [-0.3, -0.25) is 13.9 Å². The minimum absolute atomic E-state index is 0.0950. The van der Waals surface area contributed by atoms with E-state index >= 15 is 0 Å². The fourth-order valence-electron chi connectivity index (χ4n) is 4.02. The molecule has 1 N–H and O–H groups in total. The van der Waals surface area contributed by atoms with Crippen molar-refractivity contribution in [2.24, 2.45) is 5.92 Å². The molecule has 0 aromatic heterocycles. The Morgan fingerprint density at radius 1 is 0.884 bits per heavy atom. The number of benzene rings is 3. The minimum Gasteiger partial charge on any atom is -0.354 e. The molecule has 0 saturated carbocycles. The molecule has 0 spiro atoms. The van der Waals surface area contributed by atoms with Gasteiger partial charge in [-0.2, -0.15) is 13.2 Å². The Morgan fingerprint density at radius 2 is 1.49 bits per heavy atom. The van der Waals surface area contributed by atoms with E-state index < -0.39 is 56.9 Å². The van der Waals surface area contributed by atoms with Crippen LogP contribution < -0.4 is 9.62 Å². The molecule has 7 nitrogen and oxygen atoms in total. The van der Waals surface area contributed by atoms with E-state index in [2.05, 4.69) is 5.32 Å². The Hall–Kier alpha value is -2.99. The fraction of sp³-hybridized carbons (Fsp3) is 0.310. The number of rotatable bonds is 11. The molecule has 0 aliphatic rings. The number of sulfonamides is 1. The number of halogens is 6. The number of carbonyl (C=O) groups is 2. The van der Waals surface area contributed by atoms with Crippen LogP contribution in [0, 0.1) is 5.92 Å². The van der Waals surface area contributed by atoms with Crippen molar-refractivity contribution >= 4 is 62.3 Å². The molecule has 232 valence electrons. The summed E-state index contributed by atoms with van der Waals surface area (Å²) >= 11 is 18.5. The Kier molecular flexibility index (Phi) is 11.4. The maximum atomic E-state index is 14.0. The number of nitrogens with one attached hydrogen (secondary N) is 1. The second-order valence-corrected chi connectivity index (χ2v) is 13.1. The van der Waals surface area contributed by atoms with E-state index in [1.807, 2.05) is 13.8 Å². The van der Waals surface area contributed by atoms with Gasteiger partial charge in [0, 0.05) is 28.7 Å². The van der Waals surface area contributed by atoms with Gasteiger partial charge in [-0.15, -0.1) is 0 Å². The molecule has 3 rings (SSSR count). The zero-order chi connectivity index (χ0) is 32.1. The number of nitrogens with zero attached hydrogens (tertiary/aromatic N) is 2. The Bertz CT molecular complexity index is 1550. The van der Waals surface area contributed by atoms with Crippen LogP contribution in [0.1, 0.15) is 31.9 Å². The predicted octanol–water partition coefficient (Wildman–Crippen LogP) is 7.05. The summed E-state index contributed by atoms with van der Waals surface area (Å²) in [4.78, 5) is 27.9. The summed E-state index contributed by atoms with van der Waals surface area (Å²) in [6, 6.07) is 13.0. The van der Waals surface area contributed by atoms with E-state index in [0.717, 1.165) is 17.0 Å². The van der Waals surface area contributed by atoms with Crippen molar-refractivity contribution in [2.75, 3.05) is 17.4 Å². The molecule has 3 aromatic rings. The van der Waals surface area contributed by atoms with Crippen LogP contribution in [0.25, 0.3) is 0 Å². The third-order valence-corrected chi connectivity index (χ3v) is 9.22. The quantitative estimate of drug-likeness (QED) is 0.236. The Labute approximate surface area is 263 Å². The standard InChI is InChI=1S/C29H29Cl3F3N3O4S/c1-18(2)15-36-28(40)19(3)37(16-22-24(30)10-7-11-25(22)31)27(39)17-38(43(41,42)21-8-5-4-6-9-21)20-12-13-26(32)23(14-20)29(33,34)35/h4-14,18-19H,15-17H2,1-3H3,(H,36,40)/t19-/m0/s1. The van der Waals surface area contributed by atoms with Crippen LogP contribution in [0.15, 0.2) is 71.6 Å². The third kappa shape index (κ3) is 8.56. The normalized spacial score (nSPS) is 12.6. The first-order valence-corrected chi connectivity index (χ1v) is 15.6. The monoisotopic (exact) mass is 677 g/mol. The van der Waals surface area contributed by atoms with Crippen molar-refractivity contribution in [2.45, 2.75) is 44.4 Å². The summed E-state index contributed by atoms with van der Waals surface area (Å²) in [6.07, 6.45) is -4.91. The first-order chi connectivity index (χ1) is 20.0. The molecule has 0 radical (unpaired) electrons. The maximum absolute atomic E-state index is 14.0. The molecule has 0 aliphatic carbocycles. The van der Waals surface area contributed by atoms with Crippen molar-refractivity contribution < 1.29 is 31.2 Å². The molecular weight excluding hydrogens is 650 g/mol. The highest BCUT2D eigenvalue weighted by atomic mass is 35.5. The molecule has 0 heterocycles. The summed E-state index contributed by atoms with van der Waals surface area (Å²) in [7, 11) is -4.59. The molecule has 3 aromatic carbocycles. The second kappa shape index (κ2) is 14.2. The van der Waals surface area contributed by atoms with Gasteiger partial charge in [0.1, 0.15) is 12.6 Å². The highest BCUT2D eigenvalue weighted by molar-refractivity contribution is 7.92. The average molecular weight is 679 g/mol. The molecule has 2 amide bonds. The molecule has 0 bridgehead atoms. The van der Waals surface area contributed by atoms with E-state index in [-0.39, 0.29) is 27.4 Å². The maximum Gasteiger partial charge on any atom is 0.417 e. The van der Waals surface area contributed by atoms with E-state index in [1.165, 1.54) is 43.3 Å². The van der Waals surface area contributed by atoms with E-state index in [9.17, 15) is 31.2 Å². The molecule has 0 fully saturated rings. The van der Waals surface area contributed by atoms with E-state index in [4.69, 9.17) is 34.8 Å². The summed E-state index contributed by atoms with van der Waals surface area (Å²) in [5, 5.41) is 2.48. The van der Waals surface area contributed by atoms with Crippen molar-refractivity contribution in [1.82, 2.24) is 10.2 Å². The van der Waals surface area contributed by atoms with Crippen molar-refractivity contribution in [3.63, 3.8) is 0 Å². The van der Waals surface area contributed by atoms with Crippen LogP contribution in [0.3, 0.4) is 0 Å². The summed E-state index contributed by atoms with van der Waals surface area (Å²) in [5.41, 5.74) is -1.44. The van der Waals surface area contributed by atoms with Crippen molar-refractivity contribution in [3.05, 3.63) is 92.9 Å². The summed E-state index contributed by atoms with van der Waals surface area (Å²) < 4.78 is 69.4. The minimum atomic E-state index is -4.91. The van der Waals surface area contributed by atoms with Crippen LogP contribution >= 0.6 is 34.8 Å². The number of hydrogen-bond donors (Lipinski definition) is 1. The van der Waals surface area contributed by atoms with Crippen molar-refractivity contribution in [3.8, 4) is 0 Å². The second-order valence-electron chi connectivity index (χ2n) is 10.0. The lowest BCUT2D eigenvalue weighted by atomic mass is 10.1. The first-order valence-electron chi connectivity index (χ1n) is 13.0. The number of hydrogen-bond acceptors (Lipinski definition) is 4. The Balaban J connectivity index is 2.13. The summed E-state index contributed by atoms with van der Waals surface area (Å²) in [6.45, 7) is 4.26. The van der Waals surface area contributed by atoms with E-state index in [1.54, 1.807) is 12.1 Å². The lowest BCUT2D eigenvalue weighted by molar-refractivity contribution is -0.139. The van der Waals surface area contributed by atoms with Gasteiger partial charge in [0.25, 0.3) is 10.0 Å². The molecule has 0 aliphatic heterocycles. The molecule has 1 atom stereocenters. The summed E-state index contributed by atoms with van der Waals surface area (Å²) in [5.74, 6) is -1.34. The fourth-order valence-corrected chi connectivity index (χ4v) is 6.19.